The van der Waals surface area contributed by atoms with E-state index in [0.29, 0.717) is 18.2 Å². The molecule has 0 atom stereocenters. The Labute approximate surface area is 419 Å². The fraction of sp³-hybridized carbons (Fsp3) is 0.0690. The number of hydrogen-bond donors (Lipinski definition) is 2. The first-order valence-corrected chi connectivity index (χ1v) is 21.5. The molecule has 0 unspecified atom stereocenters. The van der Waals surface area contributed by atoms with Crippen LogP contribution in [0, 0.1) is 0 Å². The number of anilines is 1. The molecule has 1 amide bonds. The number of phenolic OH excluding ortho intramolecular Hbond substituents is 1. The van der Waals surface area contributed by atoms with Crippen molar-refractivity contribution in [1.82, 2.24) is 0 Å². The summed E-state index contributed by atoms with van der Waals surface area (Å²) in [6.45, 7) is -1.05. The minimum absolute atomic E-state index is 0. The number of carbonyl (C=O) groups is 1. The molecular weight excluding hydrogens is 915 g/mol. The monoisotopic (exact) mass is 933 g/mol. The van der Waals surface area contributed by atoms with Crippen molar-refractivity contribution in [3.05, 3.63) is 84.4 Å². The van der Waals surface area contributed by atoms with Crippen LogP contribution >= 0.6 is 0 Å². The average molecular weight is 934 g/mol. The molecule has 0 bridgehead atoms. The van der Waals surface area contributed by atoms with Crippen LogP contribution in [0.5, 0.6) is 5.75 Å². The molecule has 0 radical (unpaired) electrons. The number of hydrogen-bond acceptors (Lipinski definition) is 19. The molecule has 0 saturated heterocycles. The van der Waals surface area contributed by atoms with Crippen LogP contribution in [-0.4, -0.2) is 83.7 Å². The summed E-state index contributed by atoms with van der Waals surface area (Å²) in [6, 6.07) is 13.4. The predicted molar refractivity (Wildman–Crippen MR) is 180 cm³/mol. The molecule has 20 nitrogen and oxygen atoms in total. The summed E-state index contributed by atoms with van der Waals surface area (Å²) in [5, 5.41) is 19.0. The van der Waals surface area contributed by atoms with Gasteiger partial charge < -0.3 is 28.6 Å². The largest absolute Gasteiger partial charge is 1.00 e. The Bertz CT molecular complexity index is 2990. The molecule has 5 aromatic carbocycles. The van der Waals surface area contributed by atoms with E-state index in [1.165, 1.54) is 24.3 Å². The Morgan fingerprint density at radius 1 is 0.672 bits per heavy atom. The van der Waals surface area contributed by atoms with Gasteiger partial charge in [-0.25, -0.2) is 42.1 Å². The fourth-order valence-electron chi connectivity index (χ4n) is 5.04. The van der Waals surface area contributed by atoms with Gasteiger partial charge in [-0.05, 0) is 59.3 Å². The van der Waals surface area contributed by atoms with Crippen LogP contribution in [-0.2, 0) is 54.8 Å². The van der Waals surface area contributed by atoms with Gasteiger partial charge in [0.05, 0.1) is 37.6 Å². The summed E-state index contributed by atoms with van der Waals surface area (Å²) in [5.74, 6) is -3.13. The van der Waals surface area contributed by atoms with Gasteiger partial charge >= 0.3 is 118 Å². The zero-order valence-corrected chi connectivity index (χ0v) is 42.4. The first-order chi connectivity index (χ1) is 24.9. The van der Waals surface area contributed by atoms with Gasteiger partial charge in [0.1, 0.15) is 41.7 Å². The van der Waals surface area contributed by atoms with Crippen LogP contribution in [0.1, 0.15) is 10.4 Å². The zero-order valence-electron chi connectivity index (χ0n) is 30.3. The topological polar surface area (TPSA) is 346 Å². The van der Waals surface area contributed by atoms with E-state index in [2.05, 4.69) is 19.7 Å². The normalized spacial score (nSPS) is 12.2. The van der Waals surface area contributed by atoms with Crippen molar-refractivity contribution in [2.45, 2.75) is 19.6 Å². The van der Waals surface area contributed by atoms with Crippen molar-refractivity contribution in [1.29, 1.82) is 0 Å². The van der Waals surface area contributed by atoms with Crippen LogP contribution in [0.4, 0.5) is 17.1 Å². The average Bonchev–Trinajstić information content (AvgIpc) is 3.05. The van der Waals surface area contributed by atoms with Crippen molar-refractivity contribution >= 4 is 95.1 Å². The van der Waals surface area contributed by atoms with E-state index < -0.39 is 127 Å². The van der Waals surface area contributed by atoms with E-state index in [-0.39, 0.29) is 129 Å². The van der Waals surface area contributed by atoms with E-state index in [1.54, 1.807) is 6.07 Å². The molecule has 0 aliphatic heterocycles. The van der Waals surface area contributed by atoms with Gasteiger partial charge in [-0.2, -0.15) is 0 Å². The van der Waals surface area contributed by atoms with Crippen molar-refractivity contribution in [2.75, 3.05) is 17.7 Å². The molecule has 0 heterocycles. The maximum Gasteiger partial charge on any atom is 1.00 e. The number of aromatic hydroxyl groups is 1. The Morgan fingerprint density at radius 3 is 1.83 bits per heavy atom. The van der Waals surface area contributed by atoms with Crippen molar-refractivity contribution < 1.29 is 193 Å². The molecule has 0 aromatic heterocycles. The molecule has 0 aliphatic rings. The predicted octanol–water partition coefficient (Wildman–Crippen LogP) is -9.65. The summed E-state index contributed by atoms with van der Waals surface area (Å²) < 4.78 is 171. The smallest absolute Gasteiger partial charge is 0.744 e. The molecule has 29 heteroatoms. The molecule has 0 aliphatic carbocycles. The minimum atomic E-state index is -5.66. The minimum Gasteiger partial charge on any atom is -0.744 e. The summed E-state index contributed by atoms with van der Waals surface area (Å²) in [4.78, 5) is 8.95. The van der Waals surface area contributed by atoms with Crippen molar-refractivity contribution in [3.63, 3.8) is 0 Å². The number of nitrogens with zero attached hydrogens (tertiary/aromatic N) is 2. The number of nitrogens with one attached hydrogen (secondary N) is 1. The van der Waals surface area contributed by atoms with Crippen LogP contribution < -0.4 is 124 Å². The third-order valence-corrected chi connectivity index (χ3v) is 12.1. The van der Waals surface area contributed by atoms with E-state index in [4.69, 9.17) is 0 Å². The number of carbonyl (C=O) groups excluding carboxylic acids is 1. The van der Waals surface area contributed by atoms with Crippen molar-refractivity contribution in [3.8, 4) is 5.75 Å². The molecule has 58 heavy (non-hydrogen) atoms. The third kappa shape index (κ3) is 13.3. The molecule has 2 N–H and O–H groups in total. The van der Waals surface area contributed by atoms with Crippen LogP contribution in [0.2, 0.25) is 0 Å². The van der Waals surface area contributed by atoms with Crippen molar-refractivity contribution in [2.24, 2.45) is 10.2 Å². The third-order valence-electron chi connectivity index (χ3n) is 7.33. The summed E-state index contributed by atoms with van der Waals surface area (Å²) in [7, 11) is -26.1. The molecule has 0 fully saturated rings. The Morgan fingerprint density at radius 2 is 1.28 bits per heavy atom. The summed E-state index contributed by atoms with van der Waals surface area (Å²) in [6.07, 6.45) is 0. The van der Waals surface area contributed by atoms with E-state index in [0.717, 1.165) is 30.3 Å². The Kier molecular flexibility index (Phi) is 19.9. The number of amides is 1. The second kappa shape index (κ2) is 20.9. The van der Waals surface area contributed by atoms with Gasteiger partial charge in [0.2, 0.25) is 10.4 Å². The van der Waals surface area contributed by atoms with Gasteiger partial charge in [0.15, 0.2) is 15.6 Å². The van der Waals surface area contributed by atoms with Gasteiger partial charge in [-0.15, -0.1) is 10.2 Å². The van der Waals surface area contributed by atoms with E-state index in [9.17, 15) is 70.2 Å². The summed E-state index contributed by atoms with van der Waals surface area (Å²) >= 11 is 0. The number of benzene rings is 5. The number of fused-ring (bicyclic) bond motifs is 2. The number of rotatable bonds is 12. The number of azo groups is 1. The Balaban J connectivity index is 0.00000420. The van der Waals surface area contributed by atoms with Crippen LogP contribution in [0.15, 0.2) is 109 Å². The first kappa shape index (κ1) is 55.1. The van der Waals surface area contributed by atoms with E-state index in [1.807, 2.05) is 0 Å². The molecule has 286 valence electrons. The molecule has 5 aromatic rings. The van der Waals surface area contributed by atoms with Gasteiger partial charge in [-0.1, -0.05) is 30.3 Å². The van der Waals surface area contributed by atoms with E-state index >= 15 is 0 Å². The maximum absolute atomic E-state index is 13.0. The van der Waals surface area contributed by atoms with Gasteiger partial charge in [-0.3, -0.25) is 8.98 Å². The fourth-order valence-corrected chi connectivity index (χ4v) is 8.56. The maximum atomic E-state index is 13.0. The summed E-state index contributed by atoms with van der Waals surface area (Å²) in [5.41, 5.74) is -2.57. The Hall–Kier alpha value is -0.960. The SMILES string of the molecule is O=C(Nc1cc(S(=O)(=O)[O-])cc2cc(S(=O)(=O)[O-])c(N=Nc3ccc4cc(S(=O)(=O)CCOS(=O)(=O)[O-])ccc4c3S(=O)(=O)[O-])c(O)c12)c1ccccc1.[Na+].[Na+].[Na+].[Na+]. The standard InChI is InChI=1S/C29H23N3O17S5.4Na/c33-27-25-18(13-20(51(37,38)39)15-23(25)30-29(34)16-4-2-1-3-5-16)14-24(52(40,41)42)26(27)32-31-22-9-6-17-12-19(7-8-21(17)28(22)53(43,44)45)50(35,36)11-10-49-54(46,47)48;;;;/h1-9,12-15,33H,10-11H2,(H,30,34)(H,37,38,39)(H,40,41,42)(H,43,44,45)(H,46,47,48);;;;/q;4*+1/p-4. The van der Waals surface area contributed by atoms with Crippen LogP contribution in [0.25, 0.3) is 21.5 Å². The van der Waals surface area contributed by atoms with Gasteiger partial charge in [0.25, 0.3) is 5.91 Å². The second-order valence-corrected chi connectivity index (χ2v) is 18.1. The molecule has 0 spiro atoms. The second-order valence-electron chi connectivity index (χ2n) is 10.9. The molecule has 5 rings (SSSR count). The zero-order chi connectivity index (χ0) is 40.0. The number of phenols is 1. The van der Waals surface area contributed by atoms with Crippen LogP contribution in [0.3, 0.4) is 0 Å². The number of sulfone groups is 1. The quantitative estimate of drug-likeness (QED) is 0.0508. The molecular formula is C29H19N3Na4O17S5. The molecule has 0 saturated carbocycles. The first-order valence-electron chi connectivity index (χ1n) is 14.3. The van der Waals surface area contributed by atoms with Gasteiger partial charge in [0, 0.05) is 16.3 Å².